The Hall–Kier alpha value is -4.18. The van der Waals surface area contributed by atoms with E-state index in [1.54, 1.807) is 24.3 Å². The second kappa shape index (κ2) is 12.8. The van der Waals surface area contributed by atoms with Crippen LogP contribution in [0.4, 0.5) is 24.8 Å². The number of nitrogen functional groups attached to an aromatic ring is 1. The summed E-state index contributed by atoms with van der Waals surface area (Å²) < 4.78 is 56.7. The number of carboxylic acid groups (broad SMARTS) is 1. The minimum atomic E-state index is -5.08. The molecule has 0 spiro atoms. The molecule has 1 aliphatic rings. The van der Waals surface area contributed by atoms with E-state index < -0.39 is 33.6 Å². The van der Waals surface area contributed by atoms with Gasteiger partial charge in [0, 0.05) is 25.0 Å². The molecular weight excluding hydrogens is 605 g/mol. The number of benzene rings is 1. The van der Waals surface area contributed by atoms with Gasteiger partial charge in [0.05, 0.1) is 10.6 Å². The molecule has 4 rings (SSSR count). The second-order valence-corrected chi connectivity index (χ2v) is 11.6. The molecule has 0 radical (unpaired) electrons. The van der Waals surface area contributed by atoms with Gasteiger partial charge in [0.15, 0.2) is 20.8 Å². The fraction of sp³-hybridized carbons (Fsp3) is 0.320. The van der Waals surface area contributed by atoms with Crippen LogP contribution in [0.15, 0.2) is 46.1 Å². The van der Waals surface area contributed by atoms with Crippen LogP contribution in [0.1, 0.15) is 35.0 Å². The molecule has 1 amide bonds. The zero-order chi connectivity index (χ0) is 31.4. The lowest BCUT2D eigenvalue weighted by Gasteiger charge is -2.17. The van der Waals surface area contributed by atoms with Crippen molar-refractivity contribution < 1.29 is 36.3 Å². The number of nitrogens with zero attached hydrogens (tertiary/aromatic N) is 3. The highest BCUT2D eigenvalue weighted by atomic mass is 35.5. The maximum atomic E-state index is 13.2. The van der Waals surface area contributed by atoms with E-state index >= 15 is 0 Å². The first kappa shape index (κ1) is 32.3. The van der Waals surface area contributed by atoms with E-state index in [0.29, 0.717) is 35.6 Å². The number of aromatic nitrogens is 3. The number of anilines is 2. The van der Waals surface area contributed by atoms with E-state index in [1.807, 2.05) is 6.92 Å². The zero-order valence-corrected chi connectivity index (χ0v) is 23.8. The number of fused-ring (bicyclic) bond motifs is 1. The van der Waals surface area contributed by atoms with Gasteiger partial charge < -0.3 is 21.5 Å². The molecule has 42 heavy (non-hydrogen) atoms. The van der Waals surface area contributed by atoms with E-state index in [1.165, 1.54) is 16.7 Å². The van der Waals surface area contributed by atoms with Crippen molar-refractivity contribution in [3.63, 3.8) is 0 Å². The Labute approximate surface area is 242 Å². The SMILES string of the molecule is Cc1nc(N)ccc1CNC(=O)[C@@H]1CCc2c(Cl)nc(NCc3cccc(S(C)(=O)=O)c3)c(=O)n21.O=C(O)C(F)(F)F. The largest absolute Gasteiger partial charge is 0.490 e. The minimum absolute atomic E-state index is 0.0122. The van der Waals surface area contributed by atoms with Crippen LogP contribution < -0.4 is 21.9 Å². The third-order valence-corrected chi connectivity index (χ3v) is 7.54. The van der Waals surface area contributed by atoms with Gasteiger partial charge in [-0.15, -0.1) is 0 Å². The topological polar surface area (TPSA) is 186 Å². The Morgan fingerprint density at radius 1 is 1.19 bits per heavy atom. The van der Waals surface area contributed by atoms with Gasteiger partial charge in [-0.1, -0.05) is 29.8 Å². The monoisotopic (exact) mass is 630 g/mol. The average Bonchev–Trinajstić information content (AvgIpc) is 3.35. The number of aliphatic carboxylic acids is 1. The second-order valence-electron chi connectivity index (χ2n) is 9.20. The molecule has 3 heterocycles. The summed E-state index contributed by atoms with van der Waals surface area (Å²) in [6, 6.07) is 9.13. The third kappa shape index (κ3) is 7.97. The maximum absolute atomic E-state index is 13.2. The highest BCUT2D eigenvalue weighted by Crippen LogP contribution is 2.29. The number of pyridine rings is 1. The number of amides is 1. The van der Waals surface area contributed by atoms with Crippen LogP contribution in [0.5, 0.6) is 0 Å². The van der Waals surface area contributed by atoms with Crippen LogP contribution in [-0.2, 0) is 38.9 Å². The number of hydrogen-bond donors (Lipinski definition) is 4. The Morgan fingerprint density at radius 2 is 1.86 bits per heavy atom. The van der Waals surface area contributed by atoms with Crippen molar-refractivity contribution in [1.29, 1.82) is 0 Å². The van der Waals surface area contributed by atoms with Gasteiger partial charge in [-0.2, -0.15) is 13.2 Å². The summed E-state index contributed by atoms with van der Waals surface area (Å²) >= 11 is 6.35. The number of halogens is 4. The van der Waals surface area contributed by atoms with E-state index in [2.05, 4.69) is 20.6 Å². The number of carboxylic acids is 1. The lowest BCUT2D eigenvalue weighted by molar-refractivity contribution is -0.192. The number of carbonyl (C=O) groups excluding carboxylic acids is 1. The summed E-state index contributed by atoms with van der Waals surface area (Å²) in [5, 5.41) is 13.1. The van der Waals surface area contributed by atoms with Gasteiger partial charge >= 0.3 is 12.1 Å². The number of hydrogen-bond acceptors (Lipinski definition) is 9. The molecule has 0 unspecified atom stereocenters. The summed E-state index contributed by atoms with van der Waals surface area (Å²) in [5.74, 6) is -2.68. The summed E-state index contributed by atoms with van der Waals surface area (Å²) in [5.41, 5.74) is 7.91. The van der Waals surface area contributed by atoms with Crippen molar-refractivity contribution in [3.8, 4) is 0 Å². The zero-order valence-electron chi connectivity index (χ0n) is 22.2. The standard InChI is InChI=1S/C23H25ClN6O4S.C2HF3O2/c1-13-15(6-9-19(25)28-13)12-27-22(31)18-8-7-17-20(24)29-21(23(32)30(17)18)26-11-14-4-3-5-16(10-14)35(2,33)34;3-2(4,5)1(6)7/h3-6,9-10,18H,7-8,11-12H2,1-2H3,(H2,25,28)(H,26,29)(H,27,31);(H,6,7)/t18-;/m0./s1. The number of carbonyl (C=O) groups is 2. The Morgan fingerprint density at radius 3 is 2.45 bits per heavy atom. The molecule has 1 aromatic carbocycles. The minimum Gasteiger partial charge on any atom is -0.475 e. The fourth-order valence-corrected chi connectivity index (χ4v) is 5.00. The van der Waals surface area contributed by atoms with Crippen molar-refractivity contribution in [3.05, 3.63) is 74.4 Å². The van der Waals surface area contributed by atoms with Crippen molar-refractivity contribution >= 4 is 45.0 Å². The number of aryl methyl sites for hydroxylation is 1. The first-order chi connectivity index (χ1) is 19.5. The predicted molar refractivity (Wildman–Crippen MR) is 147 cm³/mol. The highest BCUT2D eigenvalue weighted by molar-refractivity contribution is 7.90. The van der Waals surface area contributed by atoms with Gasteiger partial charge in [-0.25, -0.2) is 23.2 Å². The van der Waals surface area contributed by atoms with Crippen LogP contribution in [0.2, 0.25) is 5.15 Å². The van der Waals surface area contributed by atoms with Crippen LogP contribution in [0.25, 0.3) is 0 Å². The quantitative estimate of drug-likeness (QED) is 0.302. The van der Waals surface area contributed by atoms with E-state index in [4.69, 9.17) is 27.2 Å². The number of rotatable bonds is 7. The van der Waals surface area contributed by atoms with Crippen molar-refractivity contribution in [2.24, 2.45) is 0 Å². The molecule has 0 saturated carbocycles. The van der Waals surface area contributed by atoms with Gasteiger partial charge in [-0.05, 0) is 49.1 Å². The molecule has 17 heteroatoms. The predicted octanol–water partition coefficient (Wildman–Crippen LogP) is 2.63. The van der Waals surface area contributed by atoms with Crippen molar-refractivity contribution in [1.82, 2.24) is 19.9 Å². The summed E-state index contributed by atoms with van der Waals surface area (Å²) in [6.07, 6.45) is -3.09. The maximum Gasteiger partial charge on any atom is 0.490 e. The number of nitrogens with one attached hydrogen (secondary N) is 2. The summed E-state index contributed by atoms with van der Waals surface area (Å²) in [4.78, 5) is 43.7. The van der Waals surface area contributed by atoms with Gasteiger partial charge in [0.2, 0.25) is 5.91 Å². The van der Waals surface area contributed by atoms with Crippen LogP contribution in [0.3, 0.4) is 0 Å². The molecule has 0 fully saturated rings. The molecule has 2 aromatic heterocycles. The van der Waals surface area contributed by atoms with Crippen molar-refractivity contribution in [2.45, 2.75) is 50.0 Å². The van der Waals surface area contributed by atoms with Gasteiger partial charge in [-0.3, -0.25) is 14.2 Å². The molecule has 0 saturated heterocycles. The molecule has 3 aromatic rings. The van der Waals surface area contributed by atoms with Crippen LogP contribution in [0, 0.1) is 6.92 Å². The Kier molecular flexibility index (Phi) is 9.83. The lowest BCUT2D eigenvalue weighted by Crippen LogP contribution is -2.36. The van der Waals surface area contributed by atoms with Crippen molar-refractivity contribution in [2.75, 3.05) is 17.3 Å². The molecular formula is C25H26ClF3N6O6S. The summed E-state index contributed by atoms with van der Waals surface area (Å²) in [7, 11) is -3.36. The summed E-state index contributed by atoms with van der Waals surface area (Å²) in [6.45, 7) is 2.21. The van der Waals surface area contributed by atoms with Crippen LogP contribution >= 0.6 is 11.6 Å². The lowest BCUT2D eigenvalue weighted by atomic mass is 10.1. The smallest absolute Gasteiger partial charge is 0.475 e. The fourth-order valence-electron chi connectivity index (χ4n) is 4.03. The van der Waals surface area contributed by atoms with E-state index in [9.17, 15) is 31.2 Å². The van der Waals surface area contributed by atoms with Gasteiger partial charge in [0.25, 0.3) is 5.56 Å². The first-order valence-corrected chi connectivity index (χ1v) is 14.4. The van der Waals surface area contributed by atoms with E-state index in [-0.39, 0.29) is 34.9 Å². The Balaban J connectivity index is 0.000000616. The molecule has 0 bridgehead atoms. The molecule has 1 atom stereocenters. The molecule has 0 aliphatic carbocycles. The number of nitrogens with two attached hydrogens (primary N) is 1. The molecule has 12 nitrogen and oxygen atoms in total. The van der Waals surface area contributed by atoms with Gasteiger partial charge in [0.1, 0.15) is 11.9 Å². The number of sulfone groups is 1. The average molecular weight is 631 g/mol. The highest BCUT2D eigenvalue weighted by Gasteiger charge is 2.38. The third-order valence-electron chi connectivity index (χ3n) is 6.13. The molecule has 5 N–H and O–H groups in total. The normalized spacial score (nSPS) is 14.4. The van der Waals surface area contributed by atoms with E-state index in [0.717, 1.165) is 11.8 Å². The Bertz CT molecular complexity index is 1680. The molecule has 226 valence electrons. The first-order valence-electron chi connectivity index (χ1n) is 12.1. The number of alkyl halides is 3. The molecule has 1 aliphatic heterocycles. The van der Waals surface area contributed by atoms with Crippen LogP contribution in [-0.4, -0.2) is 52.4 Å².